The molecule has 1 atom stereocenters. The number of thiazole rings is 1. The van der Waals surface area contributed by atoms with Crippen LogP contribution in [0.5, 0.6) is 0 Å². The quantitative estimate of drug-likeness (QED) is 0.820. The van der Waals surface area contributed by atoms with Gasteiger partial charge in [-0.05, 0) is 6.92 Å². The van der Waals surface area contributed by atoms with Crippen LogP contribution < -0.4 is 0 Å². The summed E-state index contributed by atoms with van der Waals surface area (Å²) >= 11 is 1.49. The molecule has 0 spiro atoms. The van der Waals surface area contributed by atoms with E-state index in [2.05, 4.69) is 4.98 Å². The molecule has 0 radical (unpaired) electrons. The van der Waals surface area contributed by atoms with E-state index in [4.69, 9.17) is 0 Å². The first-order chi connectivity index (χ1) is 6.37. The van der Waals surface area contributed by atoms with Crippen molar-refractivity contribution in [1.29, 1.82) is 0 Å². The van der Waals surface area contributed by atoms with Crippen LogP contribution in [0.4, 0.5) is 0 Å². The largest absolute Gasteiger partial charge is 0.392 e. The molecule has 80 valence electrons. The first kappa shape index (κ1) is 11.6. The number of aryl methyl sites for hydroxylation is 1. The summed E-state index contributed by atoms with van der Waals surface area (Å²) in [7, 11) is -3.11. The molecule has 0 amide bonds. The van der Waals surface area contributed by atoms with Crippen molar-refractivity contribution in [2.45, 2.75) is 19.4 Å². The maximum atomic E-state index is 10.9. The van der Waals surface area contributed by atoms with Crippen molar-refractivity contribution in [3.05, 3.63) is 16.1 Å². The van der Waals surface area contributed by atoms with Gasteiger partial charge in [-0.2, -0.15) is 0 Å². The second-order valence-electron chi connectivity index (χ2n) is 3.31. The molecule has 0 aliphatic heterocycles. The molecule has 14 heavy (non-hydrogen) atoms. The summed E-state index contributed by atoms with van der Waals surface area (Å²) in [5, 5.41) is 12.2. The fourth-order valence-electron chi connectivity index (χ4n) is 1.15. The summed E-state index contributed by atoms with van der Waals surface area (Å²) in [6.45, 7) is 1.87. The number of sulfone groups is 1. The van der Waals surface area contributed by atoms with Crippen LogP contribution in [0.25, 0.3) is 0 Å². The lowest BCUT2D eigenvalue weighted by atomic mass is 10.2. The van der Waals surface area contributed by atoms with Gasteiger partial charge in [-0.25, -0.2) is 13.4 Å². The first-order valence-electron chi connectivity index (χ1n) is 4.13. The van der Waals surface area contributed by atoms with Crippen molar-refractivity contribution in [3.8, 4) is 0 Å². The third-order valence-corrected chi connectivity index (χ3v) is 3.42. The van der Waals surface area contributed by atoms with Gasteiger partial charge in [-0.3, -0.25) is 0 Å². The normalized spacial score (nSPS) is 14.2. The molecule has 1 aromatic heterocycles. The zero-order valence-electron chi connectivity index (χ0n) is 8.10. The van der Waals surface area contributed by atoms with E-state index in [1.165, 1.54) is 11.3 Å². The van der Waals surface area contributed by atoms with Crippen molar-refractivity contribution in [1.82, 2.24) is 4.98 Å². The van der Waals surface area contributed by atoms with Crippen LogP contribution in [0.15, 0.2) is 5.38 Å². The Kier molecular flexibility index (Phi) is 3.63. The summed E-state index contributed by atoms with van der Waals surface area (Å²) in [5.74, 6) is -0.205. The van der Waals surface area contributed by atoms with E-state index in [1.54, 1.807) is 0 Å². The van der Waals surface area contributed by atoms with Gasteiger partial charge in [0.05, 0.1) is 22.6 Å². The van der Waals surface area contributed by atoms with Gasteiger partial charge in [0.25, 0.3) is 0 Å². The highest BCUT2D eigenvalue weighted by Gasteiger charge is 2.13. The zero-order chi connectivity index (χ0) is 10.8. The van der Waals surface area contributed by atoms with Crippen LogP contribution in [0.3, 0.4) is 0 Å². The van der Waals surface area contributed by atoms with Gasteiger partial charge >= 0.3 is 0 Å². The molecule has 0 bridgehead atoms. The molecule has 1 aromatic rings. The highest BCUT2D eigenvalue weighted by Crippen LogP contribution is 2.10. The van der Waals surface area contributed by atoms with Crippen LogP contribution in [-0.2, 0) is 16.3 Å². The zero-order valence-corrected chi connectivity index (χ0v) is 9.73. The van der Waals surface area contributed by atoms with E-state index in [0.717, 1.165) is 17.0 Å². The number of aliphatic hydroxyl groups excluding tert-OH is 1. The second kappa shape index (κ2) is 4.37. The molecule has 0 saturated carbocycles. The SMILES string of the molecule is Cc1nc(CC(O)CS(C)(=O)=O)cs1. The van der Waals surface area contributed by atoms with Gasteiger partial charge in [0, 0.05) is 18.1 Å². The molecule has 0 aliphatic carbocycles. The van der Waals surface area contributed by atoms with Gasteiger partial charge in [-0.15, -0.1) is 11.3 Å². The van der Waals surface area contributed by atoms with Crippen molar-refractivity contribution in [3.63, 3.8) is 0 Å². The average molecular weight is 235 g/mol. The van der Waals surface area contributed by atoms with E-state index in [0.29, 0.717) is 6.42 Å². The summed E-state index contributed by atoms with van der Waals surface area (Å²) in [6.07, 6.45) is 0.562. The smallest absolute Gasteiger partial charge is 0.150 e. The minimum Gasteiger partial charge on any atom is -0.392 e. The Hall–Kier alpha value is -0.460. The molecule has 1 unspecified atom stereocenters. The topological polar surface area (TPSA) is 67.3 Å². The van der Waals surface area contributed by atoms with Crippen molar-refractivity contribution in [2.24, 2.45) is 0 Å². The van der Waals surface area contributed by atoms with Crippen molar-refractivity contribution < 1.29 is 13.5 Å². The van der Waals surface area contributed by atoms with Crippen LogP contribution in [0, 0.1) is 6.92 Å². The van der Waals surface area contributed by atoms with Crippen molar-refractivity contribution >= 4 is 21.2 Å². The number of hydrogen-bond donors (Lipinski definition) is 1. The fourth-order valence-corrected chi connectivity index (χ4v) is 2.59. The van der Waals surface area contributed by atoms with E-state index in [9.17, 15) is 13.5 Å². The van der Waals surface area contributed by atoms with Gasteiger partial charge in [0.15, 0.2) is 0 Å². The molecule has 0 fully saturated rings. The molecular weight excluding hydrogens is 222 g/mol. The Balaban J connectivity index is 2.53. The lowest BCUT2D eigenvalue weighted by Gasteiger charge is -2.06. The molecule has 0 aromatic carbocycles. The molecule has 4 nitrogen and oxygen atoms in total. The van der Waals surface area contributed by atoms with Crippen LogP contribution >= 0.6 is 11.3 Å². The lowest BCUT2D eigenvalue weighted by Crippen LogP contribution is -2.22. The summed E-state index contributed by atoms with van der Waals surface area (Å²) in [5.41, 5.74) is 0.753. The molecule has 0 aliphatic rings. The Bertz CT molecular complexity index is 396. The van der Waals surface area contributed by atoms with Gasteiger partial charge in [-0.1, -0.05) is 0 Å². The highest BCUT2D eigenvalue weighted by molar-refractivity contribution is 7.90. The predicted octanol–water partition coefficient (Wildman–Crippen LogP) is 0.400. The Morgan fingerprint density at radius 3 is 2.71 bits per heavy atom. The van der Waals surface area contributed by atoms with Crippen LogP contribution in [-0.4, -0.2) is 36.6 Å². The lowest BCUT2D eigenvalue weighted by molar-refractivity contribution is 0.197. The van der Waals surface area contributed by atoms with Crippen molar-refractivity contribution in [2.75, 3.05) is 12.0 Å². The third-order valence-electron chi connectivity index (χ3n) is 1.61. The standard InChI is InChI=1S/C8H13NO3S2/c1-6-9-7(4-13-6)3-8(10)5-14(2,11)12/h4,8,10H,3,5H2,1-2H3. The fraction of sp³-hybridized carbons (Fsp3) is 0.625. The Labute approximate surface area is 87.5 Å². The molecule has 0 saturated heterocycles. The third kappa shape index (κ3) is 4.17. The van der Waals surface area contributed by atoms with Gasteiger partial charge in [0.2, 0.25) is 0 Å². The van der Waals surface area contributed by atoms with E-state index < -0.39 is 15.9 Å². The monoisotopic (exact) mass is 235 g/mol. The maximum absolute atomic E-state index is 10.9. The number of rotatable bonds is 4. The molecule has 1 N–H and O–H groups in total. The molecule has 1 rings (SSSR count). The van der Waals surface area contributed by atoms with Gasteiger partial charge < -0.3 is 5.11 Å². The number of hydrogen-bond acceptors (Lipinski definition) is 5. The van der Waals surface area contributed by atoms with E-state index >= 15 is 0 Å². The Morgan fingerprint density at radius 1 is 1.64 bits per heavy atom. The molecule has 6 heteroatoms. The van der Waals surface area contributed by atoms with Crippen LogP contribution in [0.1, 0.15) is 10.7 Å². The van der Waals surface area contributed by atoms with E-state index in [-0.39, 0.29) is 5.75 Å². The van der Waals surface area contributed by atoms with Crippen LogP contribution in [0.2, 0.25) is 0 Å². The highest BCUT2D eigenvalue weighted by atomic mass is 32.2. The minimum absolute atomic E-state index is 0.205. The summed E-state index contributed by atoms with van der Waals surface area (Å²) in [6, 6.07) is 0. The summed E-state index contributed by atoms with van der Waals surface area (Å²) < 4.78 is 21.7. The first-order valence-corrected chi connectivity index (χ1v) is 7.07. The number of aromatic nitrogens is 1. The van der Waals surface area contributed by atoms with E-state index in [1.807, 2.05) is 12.3 Å². The number of nitrogens with zero attached hydrogens (tertiary/aromatic N) is 1. The second-order valence-corrected chi connectivity index (χ2v) is 6.56. The molecule has 1 heterocycles. The summed E-state index contributed by atoms with van der Waals surface area (Å²) in [4.78, 5) is 4.14. The molecular formula is C8H13NO3S2. The Morgan fingerprint density at radius 2 is 2.29 bits per heavy atom. The minimum atomic E-state index is -3.11. The number of aliphatic hydroxyl groups is 1. The predicted molar refractivity (Wildman–Crippen MR) is 56.3 cm³/mol. The average Bonchev–Trinajstić information content (AvgIpc) is 2.30. The maximum Gasteiger partial charge on any atom is 0.150 e. The van der Waals surface area contributed by atoms with Gasteiger partial charge in [0.1, 0.15) is 9.84 Å².